The number of ether oxygens (including phenoxy) is 1. The first kappa shape index (κ1) is 21.0. The summed E-state index contributed by atoms with van der Waals surface area (Å²) in [4.78, 5) is 17.9. The van der Waals surface area contributed by atoms with Crippen LogP contribution in [0.2, 0.25) is 0 Å². The lowest BCUT2D eigenvalue weighted by molar-refractivity contribution is 0.101. The number of aromatic nitrogens is 2. The van der Waals surface area contributed by atoms with E-state index in [1.807, 2.05) is 41.1 Å². The Bertz CT molecular complexity index is 1440. The van der Waals surface area contributed by atoms with Crippen LogP contribution in [0.4, 0.5) is 5.13 Å². The summed E-state index contributed by atoms with van der Waals surface area (Å²) in [5.41, 5.74) is 7.16. The Kier molecular flexibility index (Phi) is 5.48. The van der Waals surface area contributed by atoms with Crippen molar-refractivity contribution >= 4 is 33.5 Å². The molecule has 166 valence electrons. The minimum Gasteiger partial charge on any atom is -0.496 e. The minimum atomic E-state index is -0.231. The summed E-state index contributed by atoms with van der Waals surface area (Å²) in [7, 11) is 1.64. The molecule has 7 heteroatoms. The number of methoxy groups -OCH3 is 1. The van der Waals surface area contributed by atoms with Gasteiger partial charge in [-0.15, -0.1) is 11.3 Å². The zero-order valence-corrected chi connectivity index (χ0v) is 19.4. The molecule has 0 bridgehead atoms. The highest BCUT2D eigenvalue weighted by atomic mass is 32.1. The van der Waals surface area contributed by atoms with Crippen molar-refractivity contribution in [2.45, 2.75) is 20.4 Å². The van der Waals surface area contributed by atoms with E-state index in [4.69, 9.17) is 9.15 Å². The first-order valence-electron chi connectivity index (χ1n) is 10.6. The van der Waals surface area contributed by atoms with E-state index in [-0.39, 0.29) is 5.91 Å². The van der Waals surface area contributed by atoms with E-state index >= 15 is 0 Å². The number of carbonyl (C=O) groups is 1. The first-order chi connectivity index (χ1) is 16.0. The number of rotatable bonds is 6. The molecule has 0 radical (unpaired) electrons. The van der Waals surface area contributed by atoms with E-state index < -0.39 is 0 Å². The van der Waals surface area contributed by atoms with Crippen LogP contribution in [0.1, 0.15) is 27.2 Å². The number of aryl methyl sites for hydroxylation is 2. The van der Waals surface area contributed by atoms with E-state index in [9.17, 15) is 4.79 Å². The Hall–Kier alpha value is -3.84. The zero-order valence-electron chi connectivity index (χ0n) is 18.6. The minimum absolute atomic E-state index is 0.231. The number of thiazole rings is 1. The van der Waals surface area contributed by atoms with Crippen LogP contribution in [0.15, 0.2) is 70.7 Å². The summed E-state index contributed by atoms with van der Waals surface area (Å²) < 4.78 is 13.0. The fraction of sp³-hybridized carbons (Fsp3) is 0.154. The Morgan fingerprint density at radius 3 is 2.67 bits per heavy atom. The van der Waals surface area contributed by atoms with Crippen LogP contribution in [-0.2, 0) is 6.54 Å². The average molecular weight is 458 g/mol. The number of hydrogen-bond acceptors (Lipinski definition) is 5. The highest BCUT2D eigenvalue weighted by Gasteiger charge is 2.19. The predicted molar refractivity (Wildman–Crippen MR) is 131 cm³/mol. The van der Waals surface area contributed by atoms with Crippen molar-refractivity contribution in [1.29, 1.82) is 0 Å². The molecule has 3 aromatic heterocycles. The van der Waals surface area contributed by atoms with Gasteiger partial charge in [0, 0.05) is 29.6 Å². The second-order valence-electron chi connectivity index (χ2n) is 7.97. The summed E-state index contributed by atoms with van der Waals surface area (Å²) in [5.74, 6) is 0.515. The molecule has 0 aliphatic rings. The van der Waals surface area contributed by atoms with Crippen molar-refractivity contribution in [2.24, 2.45) is 0 Å². The van der Waals surface area contributed by atoms with Gasteiger partial charge in [-0.05, 0) is 31.5 Å². The summed E-state index contributed by atoms with van der Waals surface area (Å²) in [5, 5.41) is 5.40. The molecule has 0 aliphatic carbocycles. The van der Waals surface area contributed by atoms with Gasteiger partial charge in [0.15, 0.2) is 10.7 Å². The number of hydrogen-bond donors (Lipinski definition) is 1. The third kappa shape index (κ3) is 4.15. The maximum absolute atomic E-state index is 13.2. The summed E-state index contributed by atoms with van der Waals surface area (Å²) in [6, 6.07) is 17.9. The molecule has 5 aromatic rings. The zero-order chi connectivity index (χ0) is 22.9. The van der Waals surface area contributed by atoms with E-state index in [1.165, 1.54) is 16.9 Å². The molecular weight excluding hydrogens is 434 g/mol. The van der Waals surface area contributed by atoms with Gasteiger partial charge in [-0.25, -0.2) is 4.98 Å². The van der Waals surface area contributed by atoms with Crippen LogP contribution in [0.3, 0.4) is 0 Å². The Balaban J connectivity index is 1.43. The highest BCUT2D eigenvalue weighted by molar-refractivity contribution is 7.14. The van der Waals surface area contributed by atoms with Gasteiger partial charge in [-0.2, -0.15) is 0 Å². The summed E-state index contributed by atoms with van der Waals surface area (Å²) in [6.45, 7) is 4.65. The lowest BCUT2D eigenvalue weighted by atomic mass is 10.1. The molecule has 0 fully saturated rings. The maximum Gasteiger partial charge on any atom is 0.274 e. The van der Waals surface area contributed by atoms with Crippen LogP contribution >= 0.6 is 11.3 Å². The number of amides is 1. The maximum atomic E-state index is 13.2. The van der Waals surface area contributed by atoms with Gasteiger partial charge in [0.05, 0.1) is 24.6 Å². The van der Waals surface area contributed by atoms with Crippen molar-refractivity contribution in [2.75, 3.05) is 12.4 Å². The van der Waals surface area contributed by atoms with Gasteiger partial charge >= 0.3 is 0 Å². The van der Waals surface area contributed by atoms with Gasteiger partial charge < -0.3 is 13.7 Å². The third-order valence-corrected chi connectivity index (χ3v) is 6.33. The second-order valence-corrected chi connectivity index (χ2v) is 8.83. The number of carbonyl (C=O) groups excluding carboxylic acids is 1. The van der Waals surface area contributed by atoms with E-state index in [0.717, 1.165) is 33.7 Å². The molecule has 0 unspecified atom stereocenters. The third-order valence-electron chi connectivity index (χ3n) is 5.57. The highest BCUT2D eigenvalue weighted by Crippen LogP contribution is 2.33. The lowest BCUT2D eigenvalue weighted by Crippen LogP contribution is -2.17. The van der Waals surface area contributed by atoms with Crippen LogP contribution in [0.25, 0.3) is 22.4 Å². The van der Waals surface area contributed by atoms with E-state index in [2.05, 4.69) is 41.5 Å². The smallest absolute Gasteiger partial charge is 0.274 e. The molecule has 6 nitrogen and oxygen atoms in total. The molecule has 33 heavy (non-hydrogen) atoms. The Labute approximate surface area is 195 Å². The van der Waals surface area contributed by atoms with Crippen LogP contribution in [-0.4, -0.2) is 22.6 Å². The molecule has 0 saturated heterocycles. The number of anilines is 1. The number of furan rings is 1. The fourth-order valence-corrected chi connectivity index (χ4v) is 4.56. The number of fused-ring (bicyclic) bond motifs is 1. The molecule has 0 aliphatic heterocycles. The predicted octanol–water partition coefficient (Wildman–Crippen LogP) is 6.28. The van der Waals surface area contributed by atoms with Crippen molar-refractivity contribution in [3.05, 3.63) is 88.6 Å². The molecular formula is C26H23N3O3S. The Morgan fingerprint density at radius 2 is 1.88 bits per heavy atom. The van der Waals surface area contributed by atoms with Gasteiger partial charge in [-0.3, -0.25) is 10.1 Å². The summed E-state index contributed by atoms with van der Waals surface area (Å²) >= 11 is 1.38. The lowest BCUT2D eigenvalue weighted by Gasteiger charge is -2.10. The molecule has 5 rings (SSSR count). The van der Waals surface area contributed by atoms with Crippen molar-refractivity contribution in [1.82, 2.24) is 9.55 Å². The van der Waals surface area contributed by atoms with Gasteiger partial charge in [-0.1, -0.05) is 41.5 Å². The van der Waals surface area contributed by atoms with Gasteiger partial charge in [0.25, 0.3) is 5.91 Å². The van der Waals surface area contributed by atoms with Crippen LogP contribution < -0.4 is 10.1 Å². The topological polar surface area (TPSA) is 69.3 Å². The van der Waals surface area contributed by atoms with Crippen molar-refractivity contribution < 1.29 is 13.9 Å². The molecule has 1 N–H and O–H groups in total. The largest absolute Gasteiger partial charge is 0.496 e. The molecule has 0 saturated carbocycles. The van der Waals surface area contributed by atoms with Gasteiger partial charge in [0.1, 0.15) is 11.4 Å². The number of nitrogens with one attached hydrogen (secondary N) is 1. The van der Waals surface area contributed by atoms with Crippen molar-refractivity contribution in [3.63, 3.8) is 0 Å². The van der Waals surface area contributed by atoms with E-state index in [0.29, 0.717) is 23.0 Å². The van der Waals surface area contributed by atoms with Crippen LogP contribution in [0, 0.1) is 13.8 Å². The number of benzene rings is 2. The monoisotopic (exact) mass is 457 g/mol. The first-order valence-corrected chi connectivity index (χ1v) is 11.4. The quantitative estimate of drug-likeness (QED) is 0.326. The Morgan fingerprint density at radius 1 is 1.09 bits per heavy atom. The molecule has 3 heterocycles. The average Bonchev–Trinajstić information content (AvgIpc) is 3.53. The summed E-state index contributed by atoms with van der Waals surface area (Å²) in [6.07, 6.45) is 1.64. The standard InChI is InChI=1S/C26H23N3O3S/c1-16-4-7-18(8-5-16)14-29-21-10-11-32-24(21)13-22(29)25(30)28-26-27-20(15-33-26)19-12-17(2)6-9-23(19)31-3/h4-13,15H,14H2,1-3H3,(H,27,28,30). The van der Waals surface area contributed by atoms with Crippen molar-refractivity contribution in [3.8, 4) is 17.0 Å². The SMILES string of the molecule is COc1ccc(C)cc1-c1csc(NC(=O)c2cc3occc3n2Cc2ccc(C)cc2)n1. The normalized spacial score (nSPS) is 11.1. The molecule has 0 spiro atoms. The molecule has 2 aromatic carbocycles. The van der Waals surface area contributed by atoms with Crippen LogP contribution in [0.5, 0.6) is 5.75 Å². The van der Waals surface area contributed by atoms with Gasteiger partial charge in [0.2, 0.25) is 0 Å². The number of nitrogens with zero attached hydrogens (tertiary/aromatic N) is 2. The van der Waals surface area contributed by atoms with E-state index in [1.54, 1.807) is 19.4 Å². The molecule has 0 atom stereocenters. The molecule has 1 amide bonds. The second kappa shape index (κ2) is 8.60. The fourth-order valence-electron chi connectivity index (χ4n) is 3.85.